The average molecular weight is 390 g/mol. The lowest BCUT2D eigenvalue weighted by atomic mass is 9.96. The molecule has 2 aromatic carbocycles. The summed E-state index contributed by atoms with van der Waals surface area (Å²) in [5, 5.41) is 15.2. The molecule has 2 aromatic rings. The van der Waals surface area contributed by atoms with Crippen molar-refractivity contribution in [3.63, 3.8) is 0 Å². The second-order valence-corrected chi connectivity index (χ2v) is 6.42. The van der Waals surface area contributed by atoms with Gasteiger partial charge in [0.05, 0.1) is 5.56 Å². The third kappa shape index (κ3) is 4.51. The molecular weight excluding hydrogens is 373 g/mol. The summed E-state index contributed by atoms with van der Waals surface area (Å²) in [4.78, 5) is 24.6. The van der Waals surface area contributed by atoms with E-state index in [-0.39, 0.29) is 23.9 Å². The van der Waals surface area contributed by atoms with Crippen LogP contribution in [-0.4, -0.2) is 23.0 Å². The van der Waals surface area contributed by atoms with Gasteiger partial charge >= 0.3 is 6.18 Å². The predicted octanol–water partition coefficient (Wildman–Crippen LogP) is 3.59. The molecule has 1 aliphatic heterocycles. The zero-order valence-electron chi connectivity index (χ0n) is 14.6. The van der Waals surface area contributed by atoms with Crippen molar-refractivity contribution in [3.8, 4) is 0 Å². The molecule has 1 atom stereocenters. The van der Waals surface area contributed by atoms with Gasteiger partial charge < -0.3 is 15.7 Å². The Bertz CT molecular complexity index is 907. The molecule has 5 nitrogen and oxygen atoms in total. The molecule has 0 saturated carbocycles. The van der Waals surface area contributed by atoms with Crippen LogP contribution in [0.15, 0.2) is 65.9 Å². The van der Waals surface area contributed by atoms with Crippen LogP contribution in [-0.2, 0) is 22.2 Å². The number of carbonyl (C=O) groups excluding carboxylic acids is 2. The monoisotopic (exact) mass is 390 g/mol. The molecule has 0 bridgehead atoms. The molecule has 8 heteroatoms. The molecule has 3 N–H and O–H groups in total. The molecule has 0 spiro atoms. The van der Waals surface area contributed by atoms with Crippen molar-refractivity contribution in [2.75, 3.05) is 5.32 Å². The highest BCUT2D eigenvalue weighted by molar-refractivity contribution is 6.23. The van der Waals surface area contributed by atoms with Gasteiger partial charge in [-0.3, -0.25) is 9.59 Å². The van der Waals surface area contributed by atoms with Gasteiger partial charge in [0.2, 0.25) is 0 Å². The Morgan fingerprint density at radius 2 is 1.75 bits per heavy atom. The number of aliphatic hydroxyl groups excluding tert-OH is 1. The van der Waals surface area contributed by atoms with E-state index in [1.54, 1.807) is 0 Å². The van der Waals surface area contributed by atoms with Gasteiger partial charge in [-0.25, -0.2) is 0 Å². The predicted molar refractivity (Wildman–Crippen MR) is 96.4 cm³/mol. The first-order chi connectivity index (χ1) is 13.2. The van der Waals surface area contributed by atoms with Crippen molar-refractivity contribution in [1.82, 2.24) is 5.32 Å². The highest BCUT2D eigenvalue weighted by Gasteiger charge is 2.32. The SMILES string of the molecule is O=C(Nc1ccc(C(F)(F)F)cc1)C1=C(O)CC(Cc2ccccc2)NC1=O. The van der Waals surface area contributed by atoms with Crippen molar-refractivity contribution in [2.24, 2.45) is 0 Å². The van der Waals surface area contributed by atoms with Crippen molar-refractivity contribution in [1.29, 1.82) is 0 Å². The Balaban J connectivity index is 1.69. The minimum Gasteiger partial charge on any atom is -0.511 e. The van der Waals surface area contributed by atoms with Gasteiger partial charge in [0.1, 0.15) is 11.3 Å². The molecule has 146 valence electrons. The van der Waals surface area contributed by atoms with Crippen LogP contribution in [0, 0.1) is 0 Å². The number of alkyl halides is 3. The van der Waals surface area contributed by atoms with E-state index in [1.807, 2.05) is 30.3 Å². The van der Waals surface area contributed by atoms with E-state index in [9.17, 15) is 27.9 Å². The highest BCUT2D eigenvalue weighted by Crippen LogP contribution is 2.30. The maximum absolute atomic E-state index is 12.6. The first-order valence-electron chi connectivity index (χ1n) is 8.49. The second kappa shape index (κ2) is 7.75. The number of amides is 2. The summed E-state index contributed by atoms with van der Waals surface area (Å²) >= 11 is 0. The van der Waals surface area contributed by atoms with E-state index >= 15 is 0 Å². The van der Waals surface area contributed by atoms with Crippen molar-refractivity contribution < 1.29 is 27.9 Å². The summed E-state index contributed by atoms with van der Waals surface area (Å²) in [5.41, 5.74) is -0.244. The van der Waals surface area contributed by atoms with Gasteiger partial charge in [-0.05, 0) is 36.2 Å². The maximum Gasteiger partial charge on any atom is 0.416 e. The third-order valence-corrected chi connectivity index (χ3v) is 4.31. The minimum absolute atomic E-state index is 0.0798. The summed E-state index contributed by atoms with van der Waals surface area (Å²) in [6.45, 7) is 0. The van der Waals surface area contributed by atoms with Gasteiger partial charge in [0, 0.05) is 18.2 Å². The van der Waals surface area contributed by atoms with Gasteiger partial charge in [-0.2, -0.15) is 13.2 Å². The number of aliphatic hydroxyl groups is 1. The number of hydrogen-bond donors (Lipinski definition) is 3. The number of halogens is 3. The maximum atomic E-state index is 12.6. The molecular formula is C20H17F3N2O3. The standard InChI is InChI=1S/C20H17F3N2O3/c21-20(22,23)13-6-8-14(9-7-13)24-18(27)17-16(26)11-15(25-19(17)28)10-12-4-2-1-3-5-12/h1-9,15,26H,10-11H2,(H,24,27)(H,25,28). The summed E-state index contributed by atoms with van der Waals surface area (Å²) in [5.74, 6) is -1.96. The zero-order chi connectivity index (χ0) is 20.3. The van der Waals surface area contributed by atoms with Crippen molar-refractivity contribution in [3.05, 3.63) is 77.1 Å². The first kappa shape index (κ1) is 19.5. The lowest BCUT2D eigenvalue weighted by Crippen LogP contribution is -2.44. The highest BCUT2D eigenvalue weighted by atomic mass is 19.4. The molecule has 0 fully saturated rings. The number of nitrogens with one attached hydrogen (secondary N) is 2. The van der Waals surface area contributed by atoms with E-state index in [1.165, 1.54) is 0 Å². The lowest BCUT2D eigenvalue weighted by molar-refractivity contribution is -0.137. The molecule has 1 unspecified atom stereocenters. The lowest BCUT2D eigenvalue weighted by Gasteiger charge is -2.25. The van der Waals surface area contributed by atoms with Crippen LogP contribution in [0.2, 0.25) is 0 Å². The largest absolute Gasteiger partial charge is 0.511 e. The number of carbonyl (C=O) groups is 2. The fourth-order valence-corrected chi connectivity index (χ4v) is 2.97. The Morgan fingerprint density at radius 1 is 1.11 bits per heavy atom. The van der Waals surface area contributed by atoms with Crippen molar-refractivity contribution >= 4 is 17.5 Å². The molecule has 1 heterocycles. The summed E-state index contributed by atoms with van der Waals surface area (Å²) in [7, 11) is 0. The summed E-state index contributed by atoms with van der Waals surface area (Å²) < 4.78 is 37.8. The Labute approximate surface area is 158 Å². The fraction of sp³-hybridized carbons (Fsp3) is 0.200. The topological polar surface area (TPSA) is 78.4 Å². The molecule has 0 radical (unpaired) electrons. The smallest absolute Gasteiger partial charge is 0.416 e. The molecule has 28 heavy (non-hydrogen) atoms. The van der Waals surface area contributed by atoms with Gasteiger partial charge in [0.25, 0.3) is 11.8 Å². The van der Waals surface area contributed by atoms with Crippen LogP contribution in [0.25, 0.3) is 0 Å². The number of benzene rings is 2. The van der Waals surface area contributed by atoms with E-state index < -0.39 is 29.1 Å². The Morgan fingerprint density at radius 3 is 2.32 bits per heavy atom. The number of anilines is 1. The molecule has 2 amide bonds. The van der Waals surface area contributed by atoms with Crippen LogP contribution < -0.4 is 10.6 Å². The quantitative estimate of drug-likeness (QED) is 0.699. The minimum atomic E-state index is -4.49. The average Bonchev–Trinajstić information content (AvgIpc) is 2.61. The van der Waals surface area contributed by atoms with Crippen LogP contribution in [0.1, 0.15) is 17.5 Å². The van der Waals surface area contributed by atoms with Crippen LogP contribution >= 0.6 is 0 Å². The van der Waals surface area contributed by atoms with E-state index in [2.05, 4.69) is 10.6 Å². The van der Waals surface area contributed by atoms with Crippen LogP contribution in [0.3, 0.4) is 0 Å². The summed E-state index contributed by atoms with van der Waals surface area (Å²) in [6.07, 6.45) is -3.92. The number of hydrogen-bond acceptors (Lipinski definition) is 3. The Hall–Kier alpha value is -3.29. The second-order valence-electron chi connectivity index (χ2n) is 6.42. The molecule has 0 saturated heterocycles. The first-order valence-corrected chi connectivity index (χ1v) is 8.49. The molecule has 3 rings (SSSR count). The fourth-order valence-electron chi connectivity index (χ4n) is 2.97. The Kier molecular flexibility index (Phi) is 5.39. The molecule has 0 aliphatic carbocycles. The van der Waals surface area contributed by atoms with E-state index in [0.29, 0.717) is 6.42 Å². The van der Waals surface area contributed by atoms with E-state index in [4.69, 9.17) is 0 Å². The van der Waals surface area contributed by atoms with Crippen LogP contribution in [0.5, 0.6) is 0 Å². The van der Waals surface area contributed by atoms with Gasteiger partial charge in [-0.15, -0.1) is 0 Å². The zero-order valence-corrected chi connectivity index (χ0v) is 14.6. The molecule has 1 aliphatic rings. The van der Waals surface area contributed by atoms with E-state index in [0.717, 1.165) is 29.8 Å². The third-order valence-electron chi connectivity index (χ3n) is 4.31. The van der Waals surface area contributed by atoms with Crippen LogP contribution in [0.4, 0.5) is 18.9 Å². The van der Waals surface area contributed by atoms with Gasteiger partial charge in [-0.1, -0.05) is 30.3 Å². The van der Waals surface area contributed by atoms with Crippen molar-refractivity contribution in [2.45, 2.75) is 25.1 Å². The normalized spacial score (nSPS) is 17.2. The molecule has 0 aromatic heterocycles. The number of rotatable bonds is 4. The summed E-state index contributed by atoms with van der Waals surface area (Å²) in [6, 6.07) is 12.8. The van der Waals surface area contributed by atoms with Gasteiger partial charge in [0.15, 0.2) is 0 Å².